The largest absolute Gasteiger partial charge is 0.445 e. The van der Waals surface area contributed by atoms with Crippen molar-refractivity contribution in [2.24, 2.45) is 5.92 Å². The zero-order valence-electron chi connectivity index (χ0n) is 14.4. The van der Waals surface area contributed by atoms with Crippen molar-refractivity contribution in [2.45, 2.75) is 58.2 Å². The molecule has 4 heteroatoms. The van der Waals surface area contributed by atoms with Crippen molar-refractivity contribution in [1.82, 2.24) is 4.90 Å². The van der Waals surface area contributed by atoms with Crippen molar-refractivity contribution in [3.63, 3.8) is 0 Å². The van der Waals surface area contributed by atoms with Crippen molar-refractivity contribution in [3.8, 4) is 0 Å². The molecule has 2 atom stereocenters. The number of hydrogen-bond acceptors (Lipinski definition) is 3. The predicted molar refractivity (Wildman–Crippen MR) is 92.4 cm³/mol. The van der Waals surface area contributed by atoms with Crippen LogP contribution < -0.4 is 0 Å². The van der Waals surface area contributed by atoms with E-state index < -0.39 is 0 Å². The summed E-state index contributed by atoms with van der Waals surface area (Å²) in [5.74, 6) is 0.295. The van der Waals surface area contributed by atoms with Gasteiger partial charge >= 0.3 is 6.09 Å². The summed E-state index contributed by atoms with van der Waals surface area (Å²) >= 11 is 0. The Balaban J connectivity index is 1.60. The zero-order chi connectivity index (χ0) is 17.1. The Morgan fingerprint density at radius 3 is 2.38 bits per heavy atom. The first kappa shape index (κ1) is 16.7. The minimum absolute atomic E-state index is 0.0527. The minimum Gasteiger partial charge on any atom is -0.445 e. The Morgan fingerprint density at radius 1 is 1.17 bits per heavy atom. The number of Topliss-reactive ketones (excluding diaryl/α,β-unsaturated/α-hetero) is 1. The van der Waals surface area contributed by atoms with Gasteiger partial charge in [0.1, 0.15) is 6.61 Å². The summed E-state index contributed by atoms with van der Waals surface area (Å²) in [5.41, 5.74) is 1.83. The smallest absolute Gasteiger partial charge is 0.410 e. The lowest BCUT2D eigenvalue weighted by molar-refractivity contribution is -0.121. The van der Waals surface area contributed by atoms with Gasteiger partial charge in [-0.2, -0.15) is 0 Å². The fourth-order valence-corrected chi connectivity index (χ4v) is 3.95. The number of hydrogen-bond donors (Lipinski definition) is 0. The van der Waals surface area contributed by atoms with E-state index in [0.717, 1.165) is 36.8 Å². The lowest BCUT2D eigenvalue weighted by Gasteiger charge is -2.37. The fraction of sp³-hybridized carbons (Fsp3) is 0.500. The number of rotatable bonds is 4. The summed E-state index contributed by atoms with van der Waals surface area (Å²) in [7, 11) is 0. The molecule has 2 bridgehead atoms. The topological polar surface area (TPSA) is 46.6 Å². The molecule has 2 aliphatic rings. The standard InChI is InChI=1S/C20H25NO3/c1-3-14(2)19(22)16-11-17-9-10-18(12-16)21(17)20(23)24-13-15-7-5-4-6-8-15/h3-8,16-18H,9-13H2,1-2H3. The van der Waals surface area contributed by atoms with E-state index in [2.05, 4.69) is 0 Å². The molecule has 2 unspecified atom stereocenters. The summed E-state index contributed by atoms with van der Waals surface area (Å²) in [5, 5.41) is 0. The number of nitrogens with zero attached hydrogens (tertiary/aromatic N) is 1. The fourth-order valence-electron chi connectivity index (χ4n) is 3.95. The highest BCUT2D eigenvalue weighted by Crippen LogP contribution is 2.40. The Morgan fingerprint density at radius 2 is 1.79 bits per heavy atom. The molecule has 0 aliphatic carbocycles. The Kier molecular flexibility index (Phi) is 5.03. The van der Waals surface area contributed by atoms with Crippen LogP contribution in [-0.2, 0) is 16.1 Å². The third kappa shape index (κ3) is 3.37. The molecule has 0 radical (unpaired) electrons. The second-order valence-electron chi connectivity index (χ2n) is 6.84. The van der Waals surface area contributed by atoms with Crippen LogP contribution in [0.3, 0.4) is 0 Å². The van der Waals surface area contributed by atoms with Crippen molar-refractivity contribution in [1.29, 1.82) is 0 Å². The van der Waals surface area contributed by atoms with Crippen LogP contribution in [0.1, 0.15) is 45.1 Å². The first-order valence-corrected chi connectivity index (χ1v) is 8.76. The Hall–Kier alpha value is -2.10. The van der Waals surface area contributed by atoms with Gasteiger partial charge in [-0.1, -0.05) is 36.4 Å². The van der Waals surface area contributed by atoms with Gasteiger partial charge in [-0.25, -0.2) is 4.79 Å². The van der Waals surface area contributed by atoms with Crippen LogP contribution >= 0.6 is 0 Å². The van der Waals surface area contributed by atoms with E-state index in [0.29, 0.717) is 6.61 Å². The van der Waals surface area contributed by atoms with Crippen LogP contribution in [0.25, 0.3) is 0 Å². The minimum atomic E-state index is -0.236. The zero-order valence-corrected chi connectivity index (χ0v) is 14.4. The molecular weight excluding hydrogens is 302 g/mol. The maximum Gasteiger partial charge on any atom is 0.410 e. The number of carbonyl (C=O) groups excluding carboxylic acids is 2. The molecule has 0 N–H and O–H groups in total. The Labute approximate surface area is 143 Å². The lowest BCUT2D eigenvalue weighted by Crippen LogP contribution is -2.48. The molecule has 2 fully saturated rings. The van der Waals surface area contributed by atoms with Crippen LogP contribution in [0.5, 0.6) is 0 Å². The number of fused-ring (bicyclic) bond motifs is 2. The number of amides is 1. The lowest BCUT2D eigenvalue weighted by atomic mass is 9.85. The molecule has 2 aliphatic heterocycles. The highest BCUT2D eigenvalue weighted by Gasteiger charge is 2.45. The molecule has 0 saturated carbocycles. The molecular formula is C20H25NO3. The third-order valence-electron chi connectivity index (χ3n) is 5.34. The molecule has 4 nitrogen and oxygen atoms in total. The molecule has 2 heterocycles. The first-order valence-electron chi connectivity index (χ1n) is 8.76. The summed E-state index contributed by atoms with van der Waals surface area (Å²) in [6.07, 6.45) is 5.13. The molecule has 128 valence electrons. The highest BCUT2D eigenvalue weighted by molar-refractivity contribution is 5.96. The monoisotopic (exact) mass is 327 g/mol. The normalized spacial score (nSPS) is 26.3. The summed E-state index contributed by atoms with van der Waals surface area (Å²) in [6, 6.07) is 10.0. The van der Waals surface area contributed by atoms with Crippen LogP contribution in [0, 0.1) is 5.92 Å². The second kappa shape index (κ2) is 7.20. The molecule has 3 rings (SSSR count). The van der Waals surface area contributed by atoms with E-state index in [1.807, 2.05) is 55.2 Å². The molecule has 24 heavy (non-hydrogen) atoms. The number of ether oxygens (including phenoxy) is 1. The van der Waals surface area contributed by atoms with Crippen LogP contribution in [0.2, 0.25) is 0 Å². The van der Waals surface area contributed by atoms with Crippen LogP contribution in [-0.4, -0.2) is 28.9 Å². The van der Waals surface area contributed by atoms with Crippen molar-refractivity contribution in [2.75, 3.05) is 0 Å². The summed E-state index contributed by atoms with van der Waals surface area (Å²) < 4.78 is 5.50. The van der Waals surface area contributed by atoms with E-state index in [9.17, 15) is 9.59 Å². The van der Waals surface area contributed by atoms with Crippen molar-refractivity contribution >= 4 is 11.9 Å². The van der Waals surface area contributed by atoms with E-state index in [1.165, 1.54) is 0 Å². The van der Waals surface area contributed by atoms with E-state index in [4.69, 9.17) is 4.74 Å². The van der Waals surface area contributed by atoms with Gasteiger partial charge in [-0.15, -0.1) is 0 Å². The molecule has 0 aromatic heterocycles. The van der Waals surface area contributed by atoms with Crippen molar-refractivity contribution < 1.29 is 14.3 Å². The highest BCUT2D eigenvalue weighted by atomic mass is 16.6. The molecule has 1 amide bonds. The first-order chi connectivity index (χ1) is 11.6. The van der Waals surface area contributed by atoms with Crippen LogP contribution in [0.4, 0.5) is 4.79 Å². The van der Waals surface area contributed by atoms with E-state index >= 15 is 0 Å². The van der Waals surface area contributed by atoms with Gasteiger partial charge in [-0.05, 0) is 50.7 Å². The van der Waals surface area contributed by atoms with E-state index in [-0.39, 0.29) is 29.9 Å². The molecule has 1 aromatic carbocycles. The van der Waals surface area contributed by atoms with Crippen molar-refractivity contribution in [3.05, 3.63) is 47.5 Å². The van der Waals surface area contributed by atoms with E-state index in [1.54, 1.807) is 0 Å². The summed E-state index contributed by atoms with van der Waals surface area (Å²) in [4.78, 5) is 26.8. The number of carbonyl (C=O) groups is 2. The van der Waals surface area contributed by atoms with Gasteiger partial charge in [-0.3, -0.25) is 4.79 Å². The molecule has 2 saturated heterocycles. The molecule has 1 aromatic rings. The maximum atomic E-state index is 12.5. The van der Waals surface area contributed by atoms with Gasteiger partial charge in [0.05, 0.1) is 0 Å². The molecule has 0 spiro atoms. The van der Waals surface area contributed by atoms with Gasteiger partial charge in [0.15, 0.2) is 5.78 Å². The quantitative estimate of drug-likeness (QED) is 0.782. The second-order valence-corrected chi connectivity index (χ2v) is 6.84. The van der Waals surface area contributed by atoms with Gasteiger partial charge < -0.3 is 9.64 Å². The Bertz CT molecular complexity index is 624. The predicted octanol–water partition coefficient (Wildman–Crippen LogP) is 4.10. The number of allylic oxidation sites excluding steroid dienone is 2. The number of piperidine rings is 1. The SMILES string of the molecule is CC=C(C)C(=O)C1CC2CCC(C1)N2C(=O)OCc1ccccc1. The summed E-state index contributed by atoms with van der Waals surface area (Å²) in [6.45, 7) is 4.08. The number of benzene rings is 1. The van der Waals surface area contributed by atoms with Gasteiger partial charge in [0, 0.05) is 18.0 Å². The average Bonchev–Trinajstić information content (AvgIpc) is 2.89. The van der Waals surface area contributed by atoms with Crippen LogP contribution in [0.15, 0.2) is 42.0 Å². The average molecular weight is 327 g/mol. The van der Waals surface area contributed by atoms with Gasteiger partial charge in [0.2, 0.25) is 0 Å². The third-order valence-corrected chi connectivity index (χ3v) is 5.34. The van der Waals surface area contributed by atoms with Gasteiger partial charge in [0.25, 0.3) is 0 Å². The maximum absolute atomic E-state index is 12.5. The number of ketones is 1.